The Kier molecular flexibility index (Phi) is 11.2. The van der Waals surface area contributed by atoms with E-state index < -0.39 is 0 Å². The standard InChI is InChI=1S/C13H28N4/c1-3-5-6-10-16-13(4-2)17-12(11-15)8-7-9-14/h9,11-17H,3-8,10H2,1-2H3. The van der Waals surface area contributed by atoms with Gasteiger partial charge in [-0.25, -0.2) is 0 Å². The third-order valence-electron chi connectivity index (χ3n) is 2.82. The molecule has 0 radical (unpaired) electrons. The molecule has 0 aliphatic rings. The fourth-order valence-corrected chi connectivity index (χ4v) is 1.71. The monoisotopic (exact) mass is 240 g/mol. The van der Waals surface area contributed by atoms with Gasteiger partial charge in [-0.3, -0.25) is 5.32 Å². The second kappa shape index (κ2) is 11.7. The lowest BCUT2D eigenvalue weighted by molar-refractivity contribution is 0.387. The van der Waals surface area contributed by atoms with Gasteiger partial charge in [0.25, 0.3) is 0 Å². The van der Waals surface area contributed by atoms with Crippen molar-refractivity contribution in [2.75, 3.05) is 6.54 Å². The van der Waals surface area contributed by atoms with E-state index in [1.54, 1.807) is 0 Å². The van der Waals surface area contributed by atoms with Gasteiger partial charge in [-0.1, -0.05) is 26.7 Å². The van der Waals surface area contributed by atoms with E-state index in [1.807, 2.05) is 0 Å². The average molecular weight is 240 g/mol. The van der Waals surface area contributed by atoms with Gasteiger partial charge in [0.05, 0.1) is 6.17 Å². The third kappa shape index (κ3) is 9.01. The van der Waals surface area contributed by atoms with Crippen LogP contribution in [0, 0.1) is 10.8 Å². The number of unbranched alkanes of at least 4 members (excludes halogenated alkanes) is 2. The van der Waals surface area contributed by atoms with Gasteiger partial charge in [-0.2, -0.15) is 0 Å². The van der Waals surface area contributed by atoms with Crippen LogP contribution < -0.4 is 10.6 Å². The van der Waals surface area contributed by atoms with Gasteiger partial charge in [0.15, 0.2) is 0 Å². The minimum atomic E-state index is 0.0835. The van der Waals surface area contributed by atoms with Crippen molar-refractivity contribution in [3.63, 3.8) is 0 Å². The van der Waals surface area contributed by atoms with Crippen molar-refractivity contribution in [3.05, 3.63) is 0 Å². The van der Waals surface area contributed by atoms with Gasteiger partial charge in [0.2, 0.25) is 0 Å². The average Bonchev–Trinajstić information content (AvgIpc) is 2.37. The maximum atomic E-state index is 7.36. The van der Waals surface area contributed by atoms with Crippen molar-refractivity contribution >= 4 is 12.4 Å². The molecule has 0 aliphatic carbocycles. The van der Waals surface area contributed by atoms with Crippen LogP contribution in [0.1, 0.15) is 52.4 Å². The van der Waals surface area contributed by atoms with E-state index in [0.29, 0.717) is 0 Å². The summed E-state index contributed by atoms with van der Waals surface area (Å²) < 4.78 is 0. The quantitative estimate of drug-likeness (QED) is 0.240. The molecule has 0 aromatic heterocycles. The van der Waals surface area contributed by atoms with E-state index in [4.69, 9.17) is 10.8 Å². The van der Waals surface area contributed by atoms with Crippen molar-refractivity contribution in [2.45, 2.75) is 64.6 Å². The summed E-state index contributed by atoms with van der Waals surface area (Å²) in [5.74, 6) is 0. The zero-order chi connectivity index (χ0) is 12.9. The summed E-state index contributed by atoms with van der Waals surface area (Å²) in [5, 5.41) is 21.3. The summed E-state index contributed by atoms with van der Waals surface area (Å²) >= 11 is 0. The molecule has 2 atom stereocenters. The van der Waals surface area contributed by atoms with Gasteiger partial charge >= 0.3 is 0 Å². The number of hydrogen-bond acceptors (Lipinski definition) is 4. The molecular formula is C13H28N4. The Morgan fingerprint density at radius 3 is 2.47 bits per heavy atom. The van der Waals surface area contributed by atoms with Crippen molar-refractivity contribution < 1.29 is 0 Å². The van der Waals surface area contributed by atoms with Crippen molar-refractivity contribution in [3.8, 4) is 0 Å². The lowest BCUT2D eigenvalue weighted by atomic mass is 10.1. The molecule has 4 heteroatoms. The third-order valence-corrected chi connectivity index (χ3v) is 2.82. The fourth-order valence-electron chi connectivity index (χ4n) is 1.71. The van der Waals surface area contributed by atoms with Crippen LogP contribution in [0.3, 0.4) is 0 Å². The first kappa shape index (κ1) is 16.3. The summed E-state index contributed by atoms with van der Waals surface area (Å²) in [6, 6.07) is 0.0835. The summed E-state index contributed by atoms with van der Waals surface area (Å²) in [5.41, 5.74) is 0. The smallest absolute Gasteiger partial charge is 0.0574 e. The Morgan fingerprint density at radius 1 is 1.18 bits per heavy atom. The number of hydrogen-bond donors (Lipinski definition) is 4. The van der Waals surface area contributed by atoms with Gasteiger partial charge in [-0.05, 0) is 38.4 Å². The molecule has 0 rings (SSSR count). The predicted molar refractivity (Wildman–Crippen MR) is 75.3 cm³/mol. The zero-order valence-electron chi connectivity index (χ0n) is 11.3. The SMILES string of the molecule is CCCCCNC(CC)NC(C=N)CCC=N. The molecule has 0 aliphatic heterocycles. The van der Waals surface area contributed by atoms with Crippen molar-refractivity contribution in [1.29, 1.82) is 10.8 Å². The second-order valence-corrected chi connectivity index (χ2v) is 4.34. The Balaban J connectivity index is 3.82. The highest BCUT2D eigenvalue weighted by Gasteiger charge is 2.10. The molecule has 0 aromatic carbocycles. The highest BCUT2D eigenvalue weighted by Crippen LogP contribution is 1.98. The second-order valence-electron chi connectivity index (χ2n) is 4.34. The highest BCUT2D eigenvalue weighted by molar-refractivity contribution is 5.62. The first-order valence-corrected chi connectivity index (χ1v) is 6.77. The number of nitrogens with one attached hydrogen (secondary N) is 4. The molecule has 0 spiro atoms. The van der Waals surface area contributed by atoms with Crippen LogP contribution in [0.2, 0.25) is 0 Å². The van der Waals surface area contributed by atoms with Crippen LogP contribution in [0.25, 0.3) is 0 Å². The van der Waals surface area contributed by atoms with Gasteiger partial charge in [-0.15, -0.1) is 0 Å². The van der Waals surface area contributed by atoms with E-state index in [9.17, 15) is 0 Å². The molecule has 0 saturated heterocycles. The van der Waals surface area contributed by atoms with Gasteiger partial charge in [0, 0.05) is 12.3 Å². The summed E-state index contributed by atoms with van der Waals surface area (Å²) in [6.45, 7) is 5.38. The molecule has 2 unspecified atom stereocenters. The minimum absolute atomic E-state index is 0.0835. The Hall–Kier alpha value is -0.740. The zero-order valence-corrected chi connectivity index (χ0v) is 11.3. The molecule has 0 saturated carbocycles. The van der Waals surface area contributed by atoms with E-state index in [-0.39, 0.29) is 12.2 Å². The molecule has 100 valence electrons. The van der Waals surface area contributed by atoms with Crippen molar-refractivity contribution in [2.24, 2.45) is 0 Å². The minimum Gasteiger partial charge on any atom is -0.313 e. The van der Waals surface area contributed by atoms with E-state index >= 15 is 0 Å². The fraction of sp³-hybridized carbons (Fsp3) is 0.846. The lowest BCUT2D eigenvalue weighted by Crippen LogP contribution is -2.47. The Bertz CT molecular complexity index is 194. The summed E-state index contributed by atoms with van der Waals surface area (Å²) in [4.78, 5) is 0. The summed E-state index contributed by atoms with van der Waals surface area (Å²) in [6.07, 6.45) is 9.45. The molecule has 0 fully saturated rings. The van der Waals surface area contributed by atoms with Gasteiger partial charge in [0.1, 0.15) is 0 Å². The molecule has 0 aromatic rings. The molecule has 4 N–H and O–H groups in total. The largest absolute Gasteiger partial charge is 0.313 e. The summed E-state index contributed by atoms with van der Waals surface area (Å²) in [7, 11) is 0. The van der Waals surface area contributed by atoms with Crippen LogP contribution in [0.5, 0.6) is 0 Å². The van der Waals surface area contributed by atoms with E-state index in [1.165, 1.54) is 31.7 Å². The Morgan fingerprint density at radius 2 is 1.94 bits per heavy atom. The van der Waals surface area contributed by atoms with Crippen LogP contribution in [0.15, 0.2) is 0 Å². The van der Waals surface area contributed by atoms with Gasteiger partial charge < -0.3 is 16.1 Å². The first-order valence-electron chi connectivity index (χ1n) is 6.77. The van der Waals surface area contributed by atoms with Crippen LogP contribution in [-0.2, 0) is 0 Å². The first-order chi connectivity index (χ1) is 8.28. The van der Waals surface area contributed by atoms with E-state index in [2.05, 4.69) is 24.5 Å². The molecule has 0 heterocycles. The maximum Gasteiger partial charge on any atom is 0.0574 e. The normalized spacial score (nSPS) is 14.2. The Labute approximate surface area is 106 Å². The highest BCUT2D eigenvalue weighted by atomic mass is 15.1. The maximum absolute atomic E-state index is 7.36. The van der Waals surface area contributed by atoms with Crippen LogP contribution >= 0.6 is 0 Å². The topological polar surface area (TPSA) is 71.8 Å². The predicted octanol–water partition coefficient (Wildman–Crippen LogP) is 2.54. The van der Waals surface area contributed by atoms with Crippen LogP contribution in [0.4, 0.5) is 0 Å². The molecule has 17 heavy (non-hydrogen) atoms. The lowest BCUT2D eigenvalue weighted by Gasteiger charge is -2.23. The van der Waals surface area contributed by atoms with Crippen molar-refractivity contribution in [1.82, 2.24) is 10.6 Å². The van der Waals surface area contributed by atoms with E-state index in [0.717, 1.165) is 25.8 Å². The molecule has 0 amide bonds. The van der Waals surface area contributed by atoms with Crippen LogP contribution in [-0.4, -0.2) is 31.2 Å². The molecular weight excluding hydrogens is 212 g/mol. The molecule has 4 nitrogen and oxygen atoms in total. The number of rotatable bonds is 12. The molecule has 0 bridgehead atoms.